The molecule has 0 bridgehead atoms. The van der Waals surface area contributed by atoms with Crippen LogP contribution in [0.15, 0.2) is 0 Å². The van der Waals surface area contributed by atoms with E-state index in [1.165, 1.54) is 0 Å². The lowest BCUT2D eigenvalue weighted by Gasteiger charge is -2.40. The molecular formula is C15H30N4O2. The van der Waals surface area contributed by atoms with E-state index < -0.39 is 0 Å². The molecule has 0 saturated carbocycles. The van der Waals surface area contributed by atoms with Crippen LogP contribution in [-0.4, -0.2) is 97.8 Å². The molecule has 2 rings (SSSR count). The van der Waals surface area contributed by atoms with Gasteiger partial charge in [-0.05, 0) is 46.4 Å². The van der Waals surface area contributed by atoms with Crippen molar-refractivity contribution in [3.05, 3.63) is 0 Å². The minimum atomic E-state index is 0.187. The summed E-state index contributed by atoms with van der Waals surface area (Å²) in [7, 11) is 4.14. The van der Waals surface area contributed by atoms with Crippen LogP contribution in [0.3, 0.4) is 0 Å². The lowest BCUT2D eigenvalue weighted by molar-refractivity contribution is -0.135. The molecule has 21 heavy (non-hydrogen) atoms. The zero-order chi connectivity index (χ0) is 15.2. The number of aliphatic hydroxyl groups is 1. The molecule has 2 fully saturated rings. The van der Waals surface area contributed by atoms with Crippen LogP contribution in [0, 0.1) is 0 Å². The lowest BCUT2D eigenvalue weighted by Crippen LogP contribution is -2.55. The average Bonchev–Trinajstić information content (AvgIpc) is 2.50. The summed E-state index contributed by atoms with van der Waals surface area (Å²) in [6, 6.07) is 0.813. The maximum Gasteiger partial charge on any atom is 0.236 e. The van der Waals surface area contributed by atoms with Gasteiger partial charge >= 0.3 is 0 Å². The number of piperidine rings is 1. The van der Waals surface area contributed by atoms with Gasteiger partial charge in [0.1, 0.15) is 0 Å². The van der Waals surface area contributed by atoms with E-state index in [0.29, 0.717) is 12.6 Å². The Morgan fingerprint density at radius 2 is 2.05 bits per heavy atom. The van der Waals surface area contributed by atoms with Gasteiger partial charge in [0.15, 0.2) is 0 Å². The molecule has 6 heteroatoms. The van der Waals surface area contributed by atoms with E-state index in [2.05, 4.69) is 29.2 Å². The molecule has 122 valence electrons. The Hall–Kier alpha value is -0.690. The van der Waals surface area contributed by atoms with Crippen molar-refractivity contribution in [1.29, 1.82) is 0 Å². The fourth-order valence-electron chi connectivity index (χ4n) is 3.32. The molecule has 0 aromatic rings. The number of nitrogens with one attached hydrogen (secondary N) is 1. The first-order valence-corrected chi connectivity index (χ1v) is 8.11. The summed E-state index contributed by atoms with van der Waals surface area (Å²) in [4.78, 5) is 18.9. The SMILES string of the molecule is CN1CCN(C(=O)CN(C)C2CCNCC2)CC1CCO. The summed E-state index contributed by atoms with van der Waals surface area (Å²) in [5.74, 6) is 0.229. The Morgan fingerprint density at radius 1 is 1.33 bits per heavy atom. The van der Waals surface area contributed by atoms with Crippen LogP contribution in [0.5, 0.6) is 0 Å². The molecule has 2 aliphatic rings. The highest BCUT2D eigenvalue weighted by Gasteiger charge is 2.28. The van der Waals surface area contributed by atoms with Gasteiger partial charge in [-0.15, -0.1) is 0 Å². The first-order chi connectivity index (χ1) is 10.1. The van der Waals surface area contributed by atoms with Gasteiger partial charge in [-0.2, -0.15) is 0 Å². The van der Waals surface area contributed by atoms with Crippen LogP contribution in [0.1, 0.15) is 19.3 Å². The number of amides is 1. The van der Waals surface area contributed by atoms with Crippen molar-refractivity contribution in [2.75, 3.05) is 60.0 Å². The largest absolute Gasteiger partial charge is 0.396 e. The molecule has 0 aromatic heterocycles. The fourth-order valence-corrected chi connectivity index (χ4v) is 3.32. The zero-order valence-electron chi connectivity index (χ0n) is 13.4. The molecule has 2 aliphatic heterocycles. The van der Waals surface area contributed by atoms with Crippen molar-refractivity contribution >= 4 is 5.91 Å². The first kappa shape index (κ1) is 16.7. The van der Waals surface area contributed by atoms with Crippen molar-refractivity contribution in [2.45, 2.75) is 31.3 Å². The smallest absolute Gasteiger partial charge is 0.236 e. The summed E-state index contributed by atoms with van der Waals surface area (Å²) < 4.78 is 0. The zero-order valence-corrected chi connectivity index (χ0v) is 13.4. The number of nitrogens with zero attached hydrogens (tertiary/aromatic N) is 3. The standard InChI is InChI=1S/C15H30N4O2/c1-17-8-9-19(11-14(17)5-10-20)15(21)12-18(2)13-3-6-16-7-4-13/h13-14,16,20H,3-12H2,1-2H3. The Morgan fingerprint density at radius 3 is 2.71 bits per heavy atom. The van der Waals surface area contributed by atoms with Gasteiger partial charge in [0.2, 0.25) is 5.91 Å². The quantitative estimate of drug-likeness (QED) is 0.696. The first-order valence-electron chi connectivity index (χ1n) is 8.11. The van der Waals surface area contributed by atoms with Gasteiger partial charge in [-0.3, -0.25) is 14.6 Å². The Bertz CT molecular complexity index is 334. The summed E-state index contributed by atoms with van der Waals surface area (Å²) >= 11 is 0. The molecule has 1 atom stereocenters. The van der Waals surface area contributed by atoms with Crippen LogP contribution in [0.25, 0.3) is 0 Å². The third-order valence-corrected chi connectivity index (χ3v) is 4.91. The van der Waals surface area contributed by atoms with Crippen molar-refractivity contribution < 1.29 is 9.90 Å². The number of aliphatic hydroxyl groups excluding tert-OH is 1. The van der Waals surface area contributed by atoms with Gasteiger partial charge < -0.3 is 15.3 Å². The van der Waals surface area contributed by atoms with E-state index in [1.54, 1.807) is 0 Å². The predicted octanol–water partition coefficient (Wildman–Crippen LogP) is -0.805. The highest BCUT2D eigenvalue weighted by atomic mass is 16.3. The van der Waals surface area contributed by atoms with Gasteiger partial charge in [0, 0.05) is 38.3 Å². The van der Waals surface area contributed by atoms with Gasteiger partial charge in [0.25, 0.3) is 0 Å². The number of hydrogen-bond donors (Lipinski definition) is 2. The van der Waals surface area contributed by atoms with Crippen molar-refractivity contribution in [2.24, 2.45) is 0 Å². The Kier molecular flexibility index (Phi) is 6.41. The van der Waals surface area contributed by atoms with Gasteiger partial charge in [0.05, 0.1) is 6.54 Å². The average molecular weight is 298 g/mol. The number of rotatable bonds is 5. The fraction of sp³-hybridized carbons (Fsp3) is 0.933. The molecule has 0 radical (unpaired) electrons. The molecule has 0 aliphatic carbocycles. The van der Waals surface area contributed by atoms with Crippen molar-refractivity contribution in [3.8, 4) is 0 Å². The van der Waals surface area contributed by atoms with Crippen molar-refractivity contribution in [3.63, 3.8) is 0 Å². The molecular weight excluding hydrogens is 268 g/mol. The number of hydrogen-bond acceptors (Lipinski definition) is 5. The monoisotopic (exact) mass is 298 g/mol. The van der Waals surface area contributed by atoms with E-state index >= 15 is 0 Å². The topological polar surface area (TPSA) is 59.0 Å². The minimum absolute atomic E-state index is 0.187. The van der Waals surface area contributed by atoms with E-state index in [0.717, 1.165) is 52.0 Å². The number of carbonyl (C=O) groups excluding carboxylic acids is 1. The molecule has 2 N–H and O–H groups in total. The van der Waals surface area contributed by atoms with Crippen LogP contribution in [0.2, 0.25) is 0 Å². The molecule has 2 heterocycles. The predicted molar refractivity (Wildman–Crippen MR) is 83.2 cm³/mol. The van der Waals surface area contributed by atoms with E-state index in [1.807, 2.05) is 4.90 Å². The van der Waals surface area contributed by atoms with E-state index in [-0.39, 0.29) is 18.6 Å². The number of piperazine rings is 1. The highest BCUT2D eigenvalue weighted by molar-refractivity contribution is 5.78. The summed E-state index contributed by atoms with van der Waals surface area (Å²) in [6.45, 7) is 5.25. The van der Waals surface area contributed by atoms with Crippen LogP contribution >= 0.6 is 0 Å². The lowest BCUT2D eigenvalue weighted by atomic mass is 10.1. The summed E-state index contributed by atoms with van der Waals surface area (Å²) in [5.41, 5.74) is 0. The molecule has 0 aromatic carbocycles. The van der Waals surface area contributed by atoms with E-state index in [4.69, 9.17) is 5.11 Å². The molecule has 6 nitrogen and oxygen atoms in total. The van der Waals surface area contributed by atoms with Gasteiger partial charge in [-0.1, -0.05) is 0 Å². The maximum absolute atomic E-state index is 12.5. The number of carbonyl (C=O) groups is 1. The summed E-state index contributed by atoms with van der Waals surface area (Å²) in [6.07, 6.45) is 2.99. The minimum Gasteiger partial charge on any atom is -0.396 e. The van der Waals surface area contributed by atoms with Gasteiger partial charge in [-0.25, -0.2) is 0 Å². The molecule has 1 unspecified atom stereocenters. The van der Waals surface area contributed by atoms with Crippen molar-refractivity contribution in [1.82, 2.24) is 20.0 Å². The Balaban J connectivity index is 1.81. The normalized spacial score (nSPS) is 25.5. The van der Waals surface area contributed by atoms with Crippen LogP contribution < -0.4 is 5.32 Å². The second-order valence-corrected chi connectivity index (χ2v) is 6.38. The van der Waals surface area contributed by atoms with E-state index in [9.17, 15) is 4.79 Å². The third kappa shape index (κ3) is 4.64. The summed E-state index contributed by atoms with van der Waals surface area (Å²) in [5, 5.41) is 12.5. The van der Waals surface area contributed by atoms with Crippen LogP contribution in [0.4, 0.5) is 0 Å². The molecule has 1 amide bonds. The van der Waals surface area contributed by atoms with Crippen LogP contribution in [-0.2, 0) is 4.79 Å². The maximum atomic E-state index is 12.5. The second kappa shape index (κ2) is 8.08. The Labute approximate surface area is 128 Å². The number of likely N-dealkylation sites (N-methyl/N-ethyl adjacent to an activating group) is 2. The molecule has 0 spiro atoms. The molecule has 2 saturated heterocycles. The second-order valence-electron chi connectivity index (χ2n) is 6.38. The third-order valence-electron chi connectivity index (χ3n) is 4.91. The highest BCUT2D eigenvalue weighted by Crippen LogP contribution is 2.13.